The molecule has 0 radical (unpaired) electrons. The van der Waals surface area contributed by atoms with Gasteiger partial charge in [0.2, 0.25) is 0 Å². The molecule has 4 rings (SSSR count). The molecule has 0 aromatic heterocycles. The van der Waals surface area contributed by atoms with Crippen LogP contribution in [-0.4, -0.2) is 16.8 Å². The van der Waals surface area contributed by atoms with Gasteiger partial charge in [-0.1, -0.05) is 19.9 Å². The SMILES string of the molecule is C[C@]12C=CC(=O)C=C1[C@H](SC#N)C[C@@H]1[C@@H]2CC[C@]2(C)C(=O)CC[C@@H]12. The molecular formula is C20H23NO2S. The zero-order chi connectivity index (χ0) is 17.1. The van der Waals surface area contributed by atoms with E-state index in [0.29, 0.717) is 30.0 Å². The van der Waals surface area contributed by atoms with Crippen LogP contribution >= 0.6 is 11.8 Å². The van der Waals surface area contributed by atoms with E-state index in [1.807, 2.05) is 0 Å². The van der Waals surface area contributed by atoms with Gasteiger partial charge < -0.3 is 0 Å². The van der Waals surface area contributed by atoms with Crippen LogP contribution in [0.1, 0.15) is 46.0 Å². The summed E-state index contributed by atoms with van der Waals surface area (Å²) in [5, 5.41) is 11.6. The van der Waals surface area contributed by atoms with Gasteiger partial charge in [0, 0.05) is 22.5 Å². The van der Waals surface area contributed by atoms with Gasteiger partial charge in [-0.05, 0) is 72.9 Å². The van der Waals surface area contributed by atoms with Gasteiger partial charge in [-0.2, -0.15) is 5.26 Å². The molecule has 4 aliphatic rings. The van der Waals surface area contributed by atoms with Crippen molar-refractivity contribution < 1.29 is 9.59 Å². The van der Waals surface area contributed by atoms with Crippen molar-refractivity contribution in [1.82, 2.24) is 0 Å². The number of carbonyl (C=O) groups is 2. The molecule has 0 aliphatic heterocycles. The van der Waals surface area contributed by atoms with Crippen LogP contribution in [0.2, 0.25) is 0 Å². The molecule has 3 fully saturated rings. The Labute approximate surface area is 147 Å². The maximum absolute atomic E-state index is 12.5. The van der Waals surface area contributed by atoms with Crippen LogP contribution in [0.25, 0.3) is 0 Å². The number of Topliss-reactive ketones (excluding diaryl/α,β-unsaturated/α-hetero) is 1. The Morgan fingerprint density at radius 1 is 1.25 bits per heavy atom. The predicted molar refractivity (Wildman–Crippen MR) is 94.0 cm³/mol. The third-order valence-electron chi connectivity index (χ3n) is 7.46. The fourth-order valence-electron chi connectivity index (χ4n) is 6.17. The smallest absolute Gasteiger partial charge is 0.178 e. The standard InChI is InChI=1S/C20H23NO2S/c1-19-7-5-12(22)9-16(19)17(24-11-21)10-13-14-3-4-18(23)20(14,2)8-6-15(13)19/h5,7,9,13-15,17H,3-4,6,8,10H2,1-2H3/t13-,14-,15-,17+,19+,20-/m0/s1. The highest BCUT2D eigenvalue weighted by Crippen LogP contribution is 2.64. The molecule has 0 unspecified atom stereocenters. The second-order valence-electron chi connectivity index (χ2n) is 8.35. The number of fused-ring (bicyclic) bond motifs is 5. The summed E-state index contributed by atoms with van der Waals surface area (Å²) in [6, 6.07) is 0. The van der Waals surface area contributed by atoms with Crippen molar-refractivity contribution in [3.05, 3.63) is 23.8 Å². The largest absolute Gasteiger partial charge is 0.299 e. The molecule has 4 aliphatic carbocycles. The zero-order valence-electron chi connectivity index (χ0n) is 14.2. The van der Waals surface area contributed by atoms with Crippen LogP contribution in [0.15, 0.2) is 23.8 Å². The third kappa shape index (κ3) is 2.03. The van der Waals surface area contributed by atoms with Gasteiger partial charge in [0.1, 0.15) is 11.2 Å². The summed E-state index contributed by atoms with van der Waals surface area (Å²) >= 11 is 1.29. The monoisotopic (exact) mass is 341 g/mol. The van der Waals surface area contributed by atoms with E-state index in [9.17, 15) is 14.9 Å². The predicted octanol–water partition coefficient (Wildman–Crippen LogP) is 4.06. The van der Waals surface area contributed by atoms with Crippen LogP contribution in [-0.2, 0) is 9.59 Å². The lowest BCUT2D eigenvalue weighted by atomic mass is 9.48. The highest BCUT2D eigenvalue weighted by Gasteiger charge is 2.60. The van der Waals surface area contributed by atoms with E-state index >= 15 is 0 Å². The molecule has 6 atom stereocenters. The Hall–Kier alpha value is -1.34. The van der Waals surface area contributed by atoms with Gasteiger partial charge in [0.25, 0.3) is 0 Å². The van der Waals surface area contributed by atoms with Gasteiger partial charge in [0.05, 0.1) is 0 Å². The van der Waals surface area contributed by atoms with Crippen molar-refractivity contribution >= 4 is 23.3 Å². The summed E-state index contributed by atoms with van der Waals surface area (Å²) < 4.78 is 0. The summed E-state index contributed by atoms with van der Waals surface area (Å²) in [5.74, 6) is 1.88. The second-order valence-corrected chi connectivity index (χ2v) is 9.33. The number of thiocyanates is 1. The van der Waals surface area contributed by atoms with E-state index in [2.05, 4.69) is 25.3 Å². The van der Waals surface area contributed by atoms with Gasteiger partial charge in [-0.25, -0.2) is 0 Å². The van der Waals surface area contributed by atoms with Crippen LogP contribution < -0.4 is 0 Å². The maximum atomic E-state index is 12.5. The highest BCUT2D eigenvalue weighted by molar-refractivity contribution is 8.04. The number of allylic oxidation sites excluding steroid dienone is 3. The Balaban J connectivity index is 1.77. The molecule has 3 nitrogen and oxygen atoms in total. The molecule has 0 N–H and O–H groups in total. The van der Waals surface area contributed by atoms with E-state index in [1.54, 1.807) is 12.2 Å². The Morgan fingerprint density at radius 2 is 2.04 bits per heavy atom. The van der Waals surface area contributed by atoms with Crippen molar-refractivity contribution in [3.8, 4) is 5.40 Å². The minimum atomic E-state index is -0.158. The number of carbonyl (C=O) groups excluding carboxylic acids is 2. The van der Waals surface area contributed by atoms with Gasteiger partial charge in [-0.15, -0.1) is 0 Å². The Morgan fingerprint density at radius 3 is 2.79 bits per heavy atom. The molecule has 0 amide bonds. The first-order valence-corrected chi connectivity index (χ1v) is 9.81. The van der Waals surface area contributed by atoms with Crippen LogP contribution in [0.3, 0.4) is 0 Å². The summed E-state index contributed by atoms with van der Waals surface area (Å²) in [4.78, 5) is 24.4. The first-order chi connectivity index (χ1) is 11.4. The molecule has 0 aromatic rings. The highest BCUT2D eigenvalue weighted by atomic mass is 32.2. The van der Waals surface area contributed by atoms with E-state index in [-0.39, 0.29) is 21.9 Å². The van der Waals surface area contributed by atoms with Crippen LogP contribution in [0.4, 0.5) is 0 Å². The lowest BCUT2D eigenvalue weighted by Crippen LogP contribution is -2.52. The van der Waals surface area contributed by atoms with E-state index < -0.39 is 0 Å². The average Bonchev–Trinajstić information content (AvgIpc) is 2.85. The number of rotatable bonds is 1. The van der Waals surface area contributed by atoms with Crippen LogP contribution in [0.5, 0.6) is 0 Å². The van der Waals surface area contributed by atoms with Crippen molar-refractivity contribution in [2.45, 2.75) is 51.2 Å². The number of thioether (sulfide) groups is 1. The molecular weight excluding hydrogens is 318 g/mol. The number of hydrogen-bond donors (Lipinski definition) is 0. The van der Waals surface area contributed by atoms with E-state index in [1.165, 1.54) is 11.8 Å². The molecule has 0 spiro atoms. The Kier molecular flexibility index (Phi) is 3.58. The topological polar surface area (TPSA) is 57.9 Å². The summed E-state index contributed by atoms with van der Waals surface area (Å²) in [5.41, 5.74) is 0.836. The number of nitriles is 1. The summed E-state index contributed by atoms with van der Waals surface area (Å²) in [7, 11) is 0. The van der Waals surface area contributed by atoms with Gasteiger partial charge in [0.15, 0.2) is 5.78 Å². The molecule has 0 bridgehead atoms. The molecule has 4 heteroatoms. The first-order valence-electron chi connectivity index (χ1n) is 8.93. The number of nitrogens with zero attached hydrogens (tertiary/aromatic N) is 1. The molecule has 0 saturated heterocycles. The molecule has 126 valence electrons. The maximum Gasteiger partial charge on any atom is 0.178 e. The van der Waals surface area contributed by atoms with Gasteiger partial charge >= 0.3 is 0 Å². The van der Waals surface area contributed by atoms with E-state index in [0.717, 1.165) is 31.3 Å². The fourth-order valence-corrected chi connectivity index (χ4v) is 7.06. The van der Waals surface area contributed by atoms with Gasteiger partial charge in [-0.3, -0.25) is 9.59 Å². The second kappa shape index (κ2) is 5.33. The quantitative estimate of drug-likeness (QED) is 0.675. The van der Waals surface area contributed by atoms with Crippen LogP contribution in [0, 0.1) is 39.2 Å². The zero-order valence-corrected chi connectivity index (χ0v) is 15.1. The minimum absolute atomic E-state index is 0.0427. The Bertz CT molecular complexity index is 718. The van der Waals surface area contributed by atoms with Crippen molar-refractivity contribution in [2.24, 2.45) is 28.6 Å². The lowest BCUT2D eigenvalue weighted by molar-refractivity contribution is -0.131. The van der Waals surface area contributed by atoms with Crippen molar-refractivity contribution in [1.29, 1.82) is 5.26 Å². The first kappa shape index (κ1) is 16.1. The lowest BCUT2D eigenvalue weighted by Gasteiger charge is -2.57. The summed E-state index contributed by atoms with van der Waals surface area (Å²) in [6.45, 7) is 4.41. The van der Waals surface area contributed by atoms with Crippen molar-refractivity contribution in [3.63, 3.8) is 0 Å². The fraction of sp³-hybridized carbons (Fsp3) is 0.650. The average molecular weight is 341 g/mol. The molecule has 24 heavy (non-hydrogen) atoms. The molecule has 0 aromatic carbocycles. The summed E-state index contributed by atoms with van der Waals surface area (Å²) in [6.07, 6.45) is 10.2. The molecule has 3 saturated carbocycles. The van der Waals surface area contributed by atoms with E-state index in [4.69, 9.17) is 0 Å². The normalized spacial score (nSPS) is 46.6. The third-order valence-corrected chi connectivity index (χ3v) is 8.29. The molecule has 0 heterocycles. The number of hydrogen-bond acceptors (Lipinski definition) is 4. The van der Waals surface area contributed by atoms with Crippen molar-refractivity contribution in [2.75, 3.05) is 0 Å². The minimum Gasteiger partial charge on any atom is -0.299 e. The number of ketones is 2.